The van der Waals surface area contributed by atoms with E-state index < -0.39 is 6.04 Å². The second-order valence-electron chi connectivity index (χ2n) is 8.69. The summed E-state index contributed by atoms with van der Waals surface area (Å²) in [7, 11) is 0. The van der Waals surface area contributed by atoms with E-state index in [1.165, 1.54) is 0 Å². The zero-order valence-corrected chi connectivity index (χ0v) is 20.4. The first-order chi connectivity index (χ1) is 16.8. The number of anilines is 3. The zero-order valence-electron chi connectivity index (χ0n) is 20.4. The number of nitrogens with zero attached hydrogens (tertiary/aromatic N) is 3. The Morgan fingerprint density at radius 3 is 2.54 bits per heavy atom. The van der Waals surface area contributed by atoms with Gasteiger partial charge < -0.3 is 32.0 Å². The first-order valence-electron chi connectivity index (χ1n) is 11.8. The van der Waals surface area contributed by atoms with Crippen LogP contribution in [0.2, 0.25) is 0 Å². The van der Waals surface area contributed by atoms with Crippen LogP contribution < -0.4 is 27.3 Å². The van der Waals surface area contributed by atoms with E-state index in [4.69, 9.17) is 26.7 Å². The minimum absolute atomic E-state index is 0.0228. The summed E-state index contributed by atoms with van der Waals surface area (Å²) in [4.78, 5) is 24.1. The lowest BCUT2D eigenvalue weighted by Gasteiger charge is -2.16. The summed E-state index contributed by atoms with van der Waals surface area (Å²) in [6.07, 6.45) is 4.50. The Morgan fingerprint density at radius 2 is 1.89 bits per heavy atom. The minimum atomic E-state index is -0.674. The van der Waals surface area contributed by atoms with Crippen LogP contribution in [0.15, 0.2) is 34.8 Å². The number of nitrogen functional groups attached to an aromatic ring is 2. The van der Waals surface area contributed by atoms with Crippen LogP contribution >= 0.6 is 0 Å². The van der Waals surface area contributed by atoms with Gasteiger partial charge >= 0.3 is 5.97 Å². The van der Waals surface area contributed by atoms with Crippen molar-refractivity contribution in [1.82, 2.24) is 9.97 Å². The minimum Gasteiger partial charge on any atom is -0.494 e. The Hall–Kier alpha value is -3.66. The number of carbonyl (C=O) groups is 1. The molecule has 1 aromatic carbocycles. The summed E-state index contributed by atoms with van der Waals surface area (Å²) in [5, 5.41) is 3.37. The molecule has 35 heavy (non-hydrogen) atoms. The van der Waals surface area contributed by atoms with Crippen molar-refractivity contribution in [2.75, 3.05) is 29.9 Å². The number of nitrogens with two attached hydrogens (primary N) is 3. The van der Waals surface area contributed by atoms with Crippen molar-refractivity contribution in [2.24, 2.45) is 10.7 Å². The highest BCUT2D eigenvalue weighted by Gasteiger charge is 2.23. The van der Waals surface area contributed by atoms with E-state index >= 15 is 0 Å². The molecule has 1 aliphatic rings. The average Bonchev–Trinajstić information content (AvgIpc) is 3.35. The van der Waals surface area contributed by atoms with Gasteiger partial charge in [-0.3, -0.25) is 4.79 Å². The molecule has 1 aromatic heterocycles. The SMILES string of the molecule is C=Nc1nc(N)nc(N)c1/C(C)=C(\C)CNc1ccc(OCC[C@H](N)C(=O)OC2CCCC2)cc1. The fraction of sp³-hybridized carbons (Fsp3) is 0.440. The standard InChI is InChI=1S/C25H35N7O3/c1-15(16(2)21-22(27)31-25(28)32-23(21)29-3)14-30-17-8-10-18(11-9-17)34-13-12-20(26)24(33)35-19-6-4-5-7-19/h8-11,19-20,30H,3-7,12-14,26H2,1-2H3,(H4,27,28,31,32)/b16-15+/t20-/m0/s1. The molecule has 0 aliphatic heterocycles. The van der Waals surface area contributed by atoms with Crippen LogP contribution in [-0.2, 0) is 9.53 Å². The van der Waals surface area contributed by atoms with Crippen molar-refractivity contribution in [3.05, 3.63) is 35.4 Å². The summed E-state index contributed by atoms with van der Waals surface area (Å²) in [6, 6.07) is 6.89. The Balaban J connectivity index is 1.49. The Labute approximate surface area is 206 Å². The fourth-order valence-electron chi connectivity index (χ4n) is 3.89. The number of allylic oxidation sites excluding steroid dienone is 1. The van der Waals surface area contributed by atoms with Crippen molar-refractivity contribution in [3.8, 4) is 5.75 Å². The third kappa shape index (κ3) is 7.16. The first-order valence-corrected chi connectivity index (χ1v) is 11.8. The van der Waals surface area contributed by atoms with Crippen molar-refractivity contribution >= 4 is 41.5 Å². The molecule has 0 unspecified atom stereocenters. The third-order valence-corrected chi connectivity index (χ3v) is 6.10. The van der Waals surface area contributed by atoms with E-state index in [0.717, 1.165) is 42.5 Å². The zero-order chi connectivity index (χ0) is 25.4. The van der Waals surface area contributed by atoms with Gasteiger partial charge in [-0.25, -0.2) is 4.99 Å². The number of rotatable bonds is 11. The largest absolute Gasteiger partial charge is 0.494 e. The Kier molecular flexibility index (Phi) is 9.02. The molecule has 0 saturated heterocycles. The summed E-state index contributed by atoms with van der Waals surface area (Å²) in [5.41, 5.74) is 21.2. The molecule has 0 amide bonds. The second-order valence-corrected chi connectivity index (χ2v) is 8.69. The lowest BCUT2D eigenvalue weighted by molar-refractivity contribution is -0.150. The summed E-state index contributed by atoms with van der Waals surface area (Å²) in [6.45, 7) is 8.37. The van der Waals surface area contributed by atoms with Gasteiger partial charge in [-0.05, 0) is 76.1 Å². The van der Waals surface area contributed by atoms with Crippen LogP contribution in [0.1, 0.15) is 51.5 Å². The molecule has 1 aliphatic carbocycles. The molecule has 1 fully saturated rings. The van der Waals surface area contributed by atoms with Gasteiger partial charge in [0.1, 0.15) is 23.7 Å². The highest BCUT2D eigenvalue weighted by atomic mass is 16.5. The van der Waals surface area contributed by atoms with Gasteiger partial charge in [-0.2, -0.15) is 9.97 Å². The molecule has 0 spiro atoms. The van der Waals surface area contributed by atoms with Crippen molar-refractivity contribution in [1.29, 1.82) is 0 Å². The van der Waals surface area contributed by atoms with Gasteiger partial charge in [0.15, 0.2) is 5.82 Å². The van der Waals surface area contributed by atoms with Crippen molar-refractivity contribution in [2.45, 2.75) is 58.1 Å². The number of esters is 1. The molecule has 3 rings (SSSR count). The van der Waals surface area contributed by atoms with Crippen LogP contribution in [0.3, 0.4) is 0 Å². The molecular formula is C25H35N7O3. The van der Waals surface area contributed by atoms with Gasteiger partial charge in [-0.15, -0.1) is 0 Å². The highest BCUT2D eigenvalue weighted by Crippen LogP contribution is 2.31. The molecule has 10 heteroatoms. The molecule has 1 heterocycles. The molecule has 10 nitrogen and oxygen atoms in total. The number of benzene rings is 1. The van der Waals surface area contributed by atoms with Gasteiger partial charge in [0.2, 0.25) is 5.95 Å². The molecular weight excluding hydrogens is 446 g/mol. The molecule has 7 N–H and O–H groups in total. The first kappa shape index (κ1) is 26.0. The van der Waals surface area contributed by atoms with Gasteiger partial charge in [0.05, 0.1) is 12.2 Å². The van der Waals surface area contributed by atoms with E-state index in [2.05, 4.69) is 27.0 Å². The molecule has 1 atom stereocenters. The predicted octanol–water partition coefficient (Wildman–Crippen LogP) is 3.46. The topological polar surface area (TPSA) is 164 Å². The molecule has 1 saturated carbocycles. The van der Waals surface area contributed by atoms with E-state index in [0.29, 0.717) is 36.7 Å². The number of hydrogen-bond acceptors (Lipinski definition) is 10. The monoisotopic (exact) mass is 481 g/mol. The number of aliphatic imine (C=N–C) groups is 1. The van der Waals surface area contributed by atoms with Gasteiger partial charge in [0.25, 0.3) is 0 Å². The smallest absolute Gasteiger partial charge is 0.323 e. The summed E-state index contributed by atoms with van der Waals surface area (Å²) >= 11 is 0. The maximum absolute atomic E-state index is 12.1. The summed E-state index contributed by atoms with van der Waals surface area (Å²) in [5.74, 6) is 1.04. The van der Waals surface area contributed by atoms with Crippen LogP contribution in [-0.4, -0.2) is 48.0 Å². The van der Waals surface area contributed by atoms with E-state index in [1.807, 2.05) is 38.1 Å². The van der Waals surface area contributed by atoms with Gasteiger partial charge in [0, 0.05) is 18.7 Å². The number of hydrogen-bond donors (Lipinski definition) is 4. The lowest BCUT2D eigenvalue weighted by Crippen LogP contribution is -2.35. The molecule has 0 radical (unpaired) electrons. The molecule has 2 aromatic rings. The average molecular weight is 482 g/mol. The van der Waals surface area contributed by atoms with Crippen LogP contribution in [0.25, 0.3) is 5.57 Å². The van der Waals surface area contributed by atoms with Gasteiger partial charge in [-0.1, -0.05) is 5.57 Å². The number of nitrogens with one attached hydrogen (secondary N) is 1. The normalized spacial score (nSPS) is 15.3. The summed E-state index contributed by atoms with van der Waals surface area (Å²) < 4.78 is 11.2. The Morgan fingerprint density at radius 1 is 1.20 bits per heavy atom. The van der Waals surface area contributed by atoms with E-state index in [1.54, 1.807) is 0 Å². The van der Waals surface area contributed by atoms with Crippen LogP contribution in [0.4, 0.5) is 23.3 Å². The van der Waals surface area contributed by atoms with Crippen molar-refractivity contribution in [3.63, 3.8) is 0 Å². The van der Waals surface area contributed by atoms with E-state index in [9.17, 15) is 4.79 Å². The van der Waals surface area contributed by atoms with Crippen molar-refractivity contribution < 1.29 is 14.3 Å². The van der Waals surface area contributed by atoms with E-state index in [-0.39, 0.29) is 23.8 Å². The fourth-order valence-corrected chi connectivity index (χ4v) is 3.89. The maximum atomic E-state index is 12.1. The quantitative estimate of drug-likeness (QED) is 0.278. The Bertz CT molecular complexity index is 1060. The molecule has 0 bridgehead atoms. The number of carbonyl (C=O) groups excluding carboxylic acids is 1. The second kappa shape index (κ2) is 12.2. The highest BCUT2D eigenvalue weighted by molar-refractivity contribution is 5.82. The van der Waals surface area contributed by atoms with Crippen LogP contribution in [0, 0.1) is 0 Å². The predicted molar refractivity (Wildman–Crippen MR) is 140 cm³/mol. The number of aromatic nitrogens is 2. The molecule has 188 valence electrons. The number of ether oxygens (including phenoxy) is 2. The van der Waals surface area contributed by atoms with Crippen LogP contribution in [0.5, 0.6) is 5.75 Å². The maximum Gasteiger partial charge on any atom is 0.323 e. The third-order valence-electron chi connectivity index (χ3n) is 6.10. The lowest BCUT2D eigenvalue weighted by atomic mass is 10.0.